The summed E-state index contributed by atoms with van der Waals surface area (Å²) in [7, 11) is 0. The highest BCUT2D eigenvalue weighted by molar-refractivity contribution is 5.89. The average Bonchev–Trinajstić information content (AvgIpc) is 2.40. The number of anilines is 1. The van der Waals surface area contributed by atoms with Crippen LogP contribution >= 0.6 is 0 Å². The van der Waals surface area contributed by atoms with Crippen molar-refractivity contribution in [3.05, 3.63) is 34.4 Å². The fourth-order valence-corrected chi connectivity index (χ4v) is 2.02. The topological polar surface area (TPSA) is 96.3 Å². The maximum atomic E-state index is 11.7. The van der Waals surface area contributed by atoms with Crippen molar-refractivity contribution in [2.24, 2.45) is 0 Å². The van der Waals surface area contributed by atoms with Crippen LogP contribution in [0.2, 0.25) is 0 Å². The highest BCUT2D eigenvalue weighted by Crippen LogP contribution is 2.16. The molecular formula is C12H16N4O3. The molecule has 0 unspecified atom stereocenters. The Morgan fingerprint density at radius 3 is 2.79 bits per heavy atom. The largest absolute Gasteiger partial charge is 0.335 e. The van der Waals surface area contributed by atoms with Gasteiger partial charge in [0, 0.05) is 23.9 Å². The van der Waals surface area contributed by atoms with Crippen molar-refractivity contribution in [1.82, 2.24) is 10.6 Å². The van der Waals surface area contributed by atoms with Crippen LogP contribution in [0.5, 0.6) is 0 Å². The van der Waals surface area contributed by atoms with Gasteiger partial charge in [-0.15, -0.1) is 0 Å². The molecule has 1 saturated heterocycles. The molecule has 0 aromatic heterocycles. The van der Waals surface area contributed by atoms with Gasteiger partial charge in [0.2, 0.25) is 0 Å². The number of hydrogen-bond donors (Lipinski definition) is 3. The Kier molecular flexibility index (Phi) is 4.30. The lowest BCUT2D eigenvalue weighted by molar-refractivity contribution is -0.384. The van der Waals surface area contributed by atoms with Crippen LogP contribution in [0.3, 0.4) is 0 Å². The number of nitrogens with one attached hydrogen (secondary N) is 3. The Bertz CT molecular complexity index is 472. The molecule has 1 aliphatic heterocycles. The standard InChI is InChI=1S/C12H16N4O3/c17-12(14-9-4-6-13-7-5-9)15-10-2-1-3-11(8-10)16(18)19/h1-3,8-9,13H,4-7H2,(H2,14,15,17). The molecule has 1 aromatic carbocycles. The van der Waals surface area contributed by atoms with E-state index in [0.29, 0.717) is 5.69 Å². The summed E-state index contributed by atoms with van der Waals surface area (Å²) in [6.45, 7) is 1.78. The SMILES string of the molecule is O=C(Nc1cccc([N+](=O)[O-])c1)NC1CCNCC1. The molecule has 3 N–H and O–H groups in total. The number of nitrogens with zero attached hydrogens (tertiary/aromatic N) is 1. The summed E-state index contributed by atoms with van der Waals surface area (Å²) in [5, 5.41) is 19.3. The van der Waals surface area contributed by atoms with E-state index in [1.54, 1.807) is 6.07 Å². The number of benzene rings is 1. The number of non-ortho nitro benzene ring substituents is 1. The van der Waals surface area contributed by atoms with Crippen LogP contribution in [0.25, 0.3) is 0 Å². The van der Waals surface area contributed by atoms with E-state index in [0.717, 1.165) is 25.9 Å². The van der Waals surface area contributed by atoms with Gasteiger partial charge in [0.25, 0.3) is 5.69 Å². The first-order valence-electron chi connectivity index (χ1n) is 6.18. The van der Waals surface area contributed by atoms with Crippen molar-refractivity contribution in [2.75, 3.05) is 18.4 Å². The van der Waals surface area contributed by atoms with Gasteiger partial charge < -0.3 is 16.0 Å². The van der Waals surface area contributed by atoms with Crippen LogP contribution in [0, 0.1) is 10.1 Å². The van der Waals surface area contributed by atoms with Crippen molar-refractivity contribution in [3.8, 4) is 0 Å². The van der Waals surface area contributed by atoms with Crippen molar-refractivity contribution in [3.63, 3.8) is 0 Å². The summed E-state index contributed by atoms with van der Waals surface area (Å²) in [6, 6.07) is 5.71. The molecule has 0 aliphatic carbocycles. The monoisotopic (exact) mass is 264 g/mol. The van der Waals surface area contributed by atoms with Crippen LogP contribution in [0.1, 0.15) is 12.8 Å². The Hall–Kier alpha value is -2.15. The van der Waals surface area contributed by atoms with E-state index in [1.165, 1.54) is 18.2 Å². The van der Waals surface area contributed by atoms with Gasteiger partial charge in [0.1, 0.15) is 0 Å². The number of piperidine rings is 1. The molecule has 0 bridgehead atoms. The second-order valence-corrected chi connectivity index (χ2v) is 4.43. The number of urea groups is 1. The molecule has 19 heavy (non-hydrogen) atoms. The van der Waals surface area contributed by atoms with E-state index in [-0.39, 0.29) is 17.8 Å². The molecule has 7 nitrogen and oxygen atoms in total. The summed E-state index contributed by atoms with van der Waals surface area (Å²) >= 11 is 0. The fourth-order valence-electron chi connectivity index (χ4n) is 2.02. The molecule has 2 rings (SSSR count). The highest BCUT2D eigenvalue weighted by Gasteiger charge is 2.15. The number of amides is 2. The zero-order chi connectivity index (χ0) is 13.7. The molecule has 0 radical (unpaired) electrons. The van der Waals surface area contributed by atoms with Crippen LogP contribution in [0.15, 0.2) is 24.3 Å². The van der Waals surface area contributed by atoms with E-state index in [1.807, 2.05) is 0 Å². The van der Waals surface area contributed by atoms with Crippen molar-refractivity contribution >= 4 is 17.4 Å². The zero-order valence-electron chi connectivity index (χ0n) is 10.4. The van der Waals surface area contributed by atoms with Gasteiger partial charge in [-0.05, 0) is 32.0 Å². The van der Waals surface area contributed by atoms with E-state index in [2.05, 4.69) is 16.0 Å². The quantitative estimate of drug-likeness (QED) is 0.569. The third kappa shape index (κ3) is 3.92. The van der Waals surface area contributed by atoms with Crippen molar-refractivity contribution < 1.29 is 9.72 Å². The maximum Gasteiger partial charge on any atom is 0.319 e. The lowest BCUT2D eigenvalue weighted by Crippen LogP contribution is -2.44. The zero-order valence-corrected chi connectivity index (χ0v) is 10.4. The predicted octanol–water partition coefficient (Wildman–Crippen LogP) is 1.47. The second kappa shape index (κ2) is 6.14. The van der Waals surface area contributed by atoms with Gasteiger partial charge in [-0.3, -0.25) is 10.1 Å². The molecule has 102 valence electrons. The van der Waals surface area contributed by atoms with Gasteiger partial charge in [0.05, 0.1) is 4.92 Å². The third-order valence-electron chi connectivity index (χ3n) is 2.99. The van der Waals surface area contributed by atoms with Gasteiger partial charge in [-0.1, -0.05) is 6.07 Å². The second-order valence-electron chi connectivity index (χ2n) is 4.43. The van der Waals surface area contributed by atoms with E-state index >= 15 is 0 Å². The van der Waals surface area contributed by atoms with Crippen LogP contribution in [-0.4, -0.2) is 30.1 Å². The predicted molar refractivity (Wildman–Crippen MR) is 71.1 cm³/mol. The molecule has 1 aromatic rings. The molecule has 1 fully saturated rings. The minimum Gasteiger partial charge on any atom is -0.335 e. The molecule has 1 aliphatic rings. The summed E-state index contributed by atoms with van der Waals surface area (Å²) in [5.41, 5.74) is 0.375. The Balaban J connectivity index is 1.90. The lowest BCUT2D eigenvalue weighted by atomic mass is 10.1. The Morgan fingerprint density at radius 2 is 2.11 bits per heavy atom. The van der Waals surface area contributed by atoms with Gasteiger partial charge in [-0.2, -0.15) is 0 Å². The number of hydrogen-bond acceptors (Lipinski definition) is 4. The van der Waals surface area contributed by atoms with E-state index < -0.39 is 4.92 Å². The summed E-state index contributed by atoms with van der Waals surface area (Å²) < 4.78 is 0. The Labute approximate surface area is 110 Å². The molecular weight excluding hydrogens is 248 g/mol. The molecule has 0 spiro atoms. The minimum absolute atomic E-state index is 0.0420. The van der Waals surface area contributed by atoms with Crippen LogP contribution in [0.4, 0.5) is 16.2 Å². The van der Waals surface area contributed by atoms with E-state index in [9.17, 15) is 14.9 Å². The summed E-state index contributed by atoms with van der Waals surface area (Å²) in [5.74, 6) is 0. The fraction of sp³-hybridized carbons (Fsp3) is 0.417. The first-order valence-corrected chi connectivity index (χ1v) is 6.18. The number of nitro groups is 1. The van der Waals surface area contributed by atoms with E-state index in [4.69, 9.17) is 0 Å². The van der Waals surface area contributed by atoms with Gasteiger partial charge >= 0.3 is 6.03 Å². The number of nitro benzene ring substituents is 1. The molecule has 1 heterocycles. The highest BCUT2D eigenvalue weighted by atomic mass is 16.6. The van der Waals surface area contributed by atoms with Crippen molar-refractivity contribution in [2.45, 2.75) is 18.9 Å². The van der Waals surface area contributed by atoms with Crippen LogP contribution in [-0.2, 0) is 0 Å². The maximum absolute atomic E-state index is 11.7. The van der Waals surface area contributed by atoms with Crippen molar-refractivity contribution in [1.29, 1.82) is 0 Å². The number of carbonyl (C=O) groups is 1. The number of rotatable bonds is 3. The molecule has 2 amide bonds. The smallest absolute Gasteiger partial charge is 0.319 e. The molecule has 7 heteroatoms. The van der Waals surface area contributed by atoms with Gasteiger partial charge in [0.15, 0.2) is 0 Å². The summed E-state index contributed by atoms with van der Waals surface area (Å²) in [6.07, 6.45) is 1.78. The average molecular weight is 264 g/mol. The minimum atomic E-state index is -0.490. The summed E-state index contributed by atoms with van der Waals surface area (Å²) in [4.78, 5) is 21.9. The molecule has 0 atom stereocenters. The normalized spacial score (nSPS) is 15.8. The molecule has 0 saturated carbocycles. The number of carbonyl (C=O) groups excluding carboxylic acids is 1. The van der Waals surface area contributed by atoms with Crippen LogP contribution < -0.4 is 16.0 Å². The Morgan fingerprint density at radius 1 is 1.37 bits per heavy atom. The first-order chi connectivity index (χ1) is 9.15. The third-order valence-corrected chi connectivity index (χ3v) is 2.99. The van der Waals surface area contributed by atoms with Gasteiger partial charge in [-0.25, -0.2) is 4.79 Å². The lowest BCUT2D eigenvalue weighted by Gasteiger charge is -2.23. The first kappa shape index (κ1) is 13.3.